The first-order valence-electron chi connectivity index (χ1n) is 5.47. The van der Waals surface area contributed by atoms with Gasteiger partial charge in [0.25, 0.3) is 5.91 Å². The van der Waals surface area contributed by atoms with E-state index in [0.29, 0.717) is 12.1 Å². The molecule has 0 saturated carbocycles. The number of rotatable bonds is 5. The summed E-state index contributed by atoms with van der Waals surface area (Å²) in [6, 6.07) is 2.87. The van der Waals surface area contributed by atoms with Crippen molar-refractivity contribution in [1.29, 1.82) is 0 Å². The lowest BCUT2D eigenvalue weighted by Crippen LogP contribution is -2.34. The first kappa shape index (κ1) is 14.0. The Morgan fingerprint density at radius 2 is 2.18 bits per heavy atom. The first-order chi connectivity index (χ1) is 7.94. The number of H-pyrrole nitrogens is 1. The molecule has 0 aliphatic heterocycles. The average Bonchev–Trinajstić information content (AvgIpc) is 2.27. The summed E-state index contributed by atoms with van der Waals surface area (Å²) >= 11 is 3.39. The third-order valence-electron chi connectivity index (χ3n) is 2.55. The van der Waals surface area contributed by atoms with E-state index in [1.165, 1.54) is 18.3 Å². The molecule has 0 aromatic carbocycles. The summed E-state index contributed by atoms with van der Waals surface area (Å²) in [4.78, 5) is 25.1. The molecule has 1 heterocycles. The van der Waals surface area contributed by atoms with Gasteiger partial charge in [-0.2, -0.15) is 0 Å². The normalized spacial score (nSPS) is 11.2. The Balaban J connectivity index is 2.55. The Labute approximate surface area is 109 Å². The van der Waals surface area contributed by atoms with Gasteiger partial charge in [0, 0.05) is 24.1 Å². The van der Waals surface area contributed by atoms with Gasteiger partial charge in [-0.3, -0.25) is 9.59 Å². The highest BCUT2D eigenvalue weighted by atomic mass is 79.9. The number of amides is 1. The van der Waals surface area contributed by atoms with Gasteiger partial charge in [-0.1, -0.05) is 29.8 Å². The van der Waals surface area contributed by atoms with E-state index in [1.54, 1.807) is 0 Å². The Morgan fingerprint density at radius 3 is 2.71 bits per heavy atom. The van der Waals surface area contributed by atoms with Crippen molar-refractivity contribution < 1.29 is 4.79 Å². The van der Waals surface area contributed by atoms with Crippen LogP contribution in [0.25, 0.3) is 0 Å². The van der Waals surface area contributed by atoms with E-state index in [2.05, 4.69) is 40.1 Å². The molecule has 1 aromatic rings. The first-order valence-corrected chi connectivity index (χ1v) is 6.60. The van der Waals surface area contributed by atoms with Crippen molar-refractivity contribution in [2.75, 3.05) is 11.9 Å². The van der Waals surface area contributed by atoms with Gasteiger partial charge in [0.15, 0.2) is 0 Å². The van der Waals surface area contributed by atoms with E-state index in [4.69, 9.17) is 0 Å². The predicted octanol–water partition coefficient (Wildman–Crippen LogP) is 1.92. The fourth-order valence-electron chi connectivity index (χ4n) is 1.32. The van der Waals surface area contributed by atoms with Crippen LogP contribution in [-0.4, -0.2) is 22.8 Å². The lowest BCUT2D eigenvalue weighted by molar-refractivity contribution is 0.0935. The number of alkyl halides is 1. The highest BCUT2D eigenvalue weighted by Crippen LogP contribution is 2.19. The third-order valence-corrected chi connectivity index (χ3v) is 2.94. The third kappa shape index (κ3) is 4.73. The van der Waals surface area contributed by atoms with Gasteiger partial charge in [0.2, 0.25) is 5.56 Å². The van der Waals surface area contributed by atoms with Crippen LogP contribution in [-0.2, 0) is 0 Å². The van der Waals surface area contributed by atoms with E-state index in [-0.39, 0.29) is 16.9 Å². The second-order valence-electron chi connectivity index (χ2n) is 4.73. The molecule has 5 heteroatoms. The monoisotopic (exact) mass is 300 g/mol. The van der Waals surface area contributed by atoms with Gasteiger partial charge in [-0.15, -0.1) is 0 Å². The lowest BCUT2D eigenvalue weighted by atomic mass is 9.90. The smallest absolute Gasteiger partial charge is 0.252 e. The number of nitrogens with one attached hydrogen (secondary N) is 2. The maximum absolute atomic E-state index is 11.8. The number of carbonyl (C=O) groups excluding carboxylic acids is 1. The maximum Gasteiger partial charge on any atom is 0.252 e. The molecule has 0 saturated heterocycles. The van der Waals surface area contributed by atoms with Gasteiger partial charge < -0.3 is 10.3 Å². The standard InChI is InChI=1S/C12H17BrN2O2/c1-12(2,5-6-13)8-15-11(17)9-3-4-10(16)14-7-9/h3-4,7H,5-6,8H2,1-2H3,(H,14,16)(H,15,17). The molecule has 0 spiro atoms. The van der Waals surface area contributed by atoms with Crippen molar-refractivity contribution in [1.82, 2.24) is 10.3 Å². The summed E-state index contributed by atoms with van der Waals surface area (Å²) in [6.07, 6.45) is 2.41. The molecule has 1 amide bonds. The van der Waals surface area contributed by atoms with E-state index < -0.39 is 0 Å². The van der Waals surface area contributed by atoms with E-state index in [9.17, 15) is 9.59 Å². The molecule has 0 bridgehead atoms. The van der Waals surface area contributed by atoms with Crippen molar-refractivity contribution in [2.24, 2.45) is 5.41 Å². The summed E-state index contributed by atoms with van der Waals surface area (Å²) in [5.74, 6) is -0.163. The molecular weight excluding hydrogens is 284 g/mol. The SMILES string of the molecule is CC(C)(CCBr)CNC(=O)c1ccc(=O)[nH]c1. The average molecular weight is 301 g/mol. The summed E-state index contributed by atoms with van der Waals surface area (Å²) in [5.41, 5.74) is 0.321. The molecule has 94 valence electrons. The fraction of sp³-hybridized carbons (Fsp3) is 0.500. The number of carbonyl (C=O) groups is 1. The van der Waals surface area contributed by atoms with Crippen LogP contribution in [0.15, 0.2) is 23.1 Å². The van der Waals surface area contributed by atoms with Gasteiger partial charge in [-0.25, -0.2) is 0 Å². The van der Waals surface area contributed by atoms with E-state index in [1.807, 2.05) is 0 Å². The zero-order chi connectivity index (χ0) is 12.9. The van der Waals surface area contributed by atoms with Crippen molar-refractivity contribution in [3.8, 4) is 0 Å². The number of hydrogen-bond acceptors (Lipinski definition) is 2. The van der Waals surface area contributed by atoms with Gasteiger partial charge in [0.1, 0.15) is 0 Å². The quantitative estimate of drug-likeness (QED) is 0.816. The highest BCUT2D eigenvalue weighted by molar-refractivity contribution is 9.09. The zero-order valence-corrected chi connectivity index (χ0v) is 11.6. The van der Waals surface area contributed by atoms with Crippen molar-refractivity contribution in [2.45, 2.75) is 20.3 Å². The molecule has 0 radical (unpaired) electrons. The van der Waals surface area contributed by atoms with Crippen molar-refractivity contribution in [3.05, 3.63) is 34.2 Å². The topological polar surface area (TPSA) is 62.0 Å². The predicted molar refractivity (Wildman–Crippen MR) is 71.6 cm³/mol. The largest absolute Gasteiger partial charge is 0.351 e. The molecule has 0 unspecified atom stereocenters. The number of aromatic amines is 1. The van der Waals surface area contributed by atoms with Crippen molar-refractivity contribution in [3.63, 3.8) is 0 Å². The number of aromatic nitrogens is 1. The van der Waals surface area contributed by atoms with Crippen LogP contribution in [0.5, 0.6) is 0 Å². The Kier molecular flexibility index (Phi) is 4.93. The summed E-state index contributed by atoms with van der Waals surface area (Å²) in [7, 11) is 0. The maximum atomic E-state index is 11.8. The summed E-state index contributed by atoms with van der Waals surface area (Å²) in [5, 5.41) is 3.77. The lowest BCUT2D eigenvalue weighted by Gasteiger charge is -2.23. The molecule has 4 nitrogen and oxygen atoms in total. The molecule has 0 aliphatic rings. The summed E-state index contributed by atoms with van der Waals surface area (Å²) in [6.45, 7) is 4.80. The molecule has 1 aromatic heterocycles. The zero-order valence-electron chi connectivity index (χ0n) is 10.0. The molecule has 0 aliphatic carbocycles. The molecule has 2 N–H and O–H groups in total. The minimum atomic E-state index is -0.207. The van der Waals surface area contributed by atoms with Crippen LogP contribution < -0.4 is 10.9 Å². The molecule has 1 rings (SSSR count). The minimum Gasteiger partial charge on any atom is -0.351 e. The van der Waals surface area contributed by atoms with E-state index in [0.717, 1.165) is 11.8 Å². The van der Waals surface area contributed by atoms with Crippen LogP contribution in [0.1, 0.15) is 30.6 Å². The fourth-order valence-corrected chi connectivity index (χ4v) is 2.39. The van der Waals surface area contributed by atoms with Crippen LogP contribution in [0, 0.1) is 5.41 Å². The second-order valence-corrected chi connectivity index (χ2v) is 5.52. The van der Waals surface area contributed by atoms with Crippen LogP contribution in [0.3, 0.4) is 0 Å². The van der Waals surface area contributed by atoms with Gasteiger partial charge in [0.05, 0.1) is 5.56 Å². The number of hydrogen-bond donors (Lipinski definition) is 2. The second kappa shape index (κ2) is 6.00. The summed E-state index contributed by atoms with van der Waals surface area (Å²) < 4.78 is 0. The van der Waals surface area contributed by atoms with Crippen LogP contribution in [0.4, 0.5) is 0 Å². The van der Waals surface area contributed by atoms with Crippen LogP contribution in [0.2, 0.25) is 0 Å². The van der Waals surface area contributed by atoms with E-state index >= 15 is 0 Å². The molecule has 0 fully saturated rings. The molecule has 0 atom stereocenters. The minimum absolute atomic E-state index is 0.0569. The number of pyridine rings is 1. The van der Waals surface area contributed by atoms with Crippen molar-refractivity contribution >= 4 is 21.8 Å². The van der Waals surface area contributed by atoms with Gasteiger partial charge in [-0.05, 0) is 17.9 Å². The number of halogens is 1. The molecular formula is C12H17BrN2O2. The Morgan fingerprint density at radius 1 is 1.47 bits per heavy atom. The van der Waals surface area contributed by atoms with Gasteiger partial charge >= 0.3 is 0 Å². The highest BCUT2D eigenvalue weighted by Gasteiger charge is 2.18. The van der Waals surface area contributed by atoms with Crippen LogP contribution >= 0.6 is 15.9 Å². The molecule has 17 heavy (non-hydrogen) atoms. The Bertz CT molecular complexity index is 420. The Hall–Kier alpha value is -1.10.